The van der Waals surface area contributed by atoms with Gasteiger partial charge in [0.2, 0.25) is 0 Å². The van der Waals surface area contributed by atoms with Crippen LogP contribution in [0.15, 0.2) is 106 Å². The van der Waals surface area contributed by atoms with Gasteiger partial charge < -0.3 is 0 Å². The van der Waals surface area contributed by atoms with Gasteiger partial charge in [-0.05, 0) is 30.3 Å². The summed E-state index contributed by atoms with van der Waals surface area (Å²) in [5.74, 6) is 0. The summed E-state index contributed by atoms with van der Waals surface area (Å²) in [4.78, 5) is 4.04. The Labute approximate surface area is 124 Å². The molecule has 1 heteroatoms. The predicted octanol–water partition coefficient (Wildman–Crippen LogP) is 5.37. The fraction of sp³-hybridized carbons (Fsp3) is 0.0526. The highest BCUT2D eigenvalue weighted by Gasteiger charge is 2.27. The smallest absolute Gasteiger partial charge is 0.0991 e. The first-order valence-corrected chi connectivity index (χ1v) is 7.86. The Morgan fingerprint density at radius 3 is 1.80 bits per heavy atom. The Kier molecular flexibility index (Phi) is 5.45. The van der Waals surface area contributed by atoms with Crippen LogP contribution in [-0.2, 0) is 10.9 Å². The van der Waals surface area contributed by atoms with E-state index in [2.05, 4.69) is 80.2 Å². The fourth-order valence-electron chi connectivity index (χ4n) is 1.96. The molecule has 0 saturated carbocycles. The second-order valence-electron chi connectivity index (χ2n) is 4.33. The van der Waals surface area contributed by atoms with Crippen LogP contribution in [0.5, 0.6) is 0 Å². The van der Waals surface area contributed by atoms with E-state index in [0.29, 0.717) is 0 Å². The van der Waals surface area contributed by atoms with E-state index in [4.69, 9.17) is 0 Å². The molecule has 0 spiro atoms. The Morgan fingerprint density at radius 1 is 0.850 bits per heavy atom. The van der Waals surface area contributed by atoms with E-state index in [1.165, 1.54) is 14.7 Å². The standard InChI is InChI=1S/C19H19S/c1-3-4-7-12-17(2)20(18-13-8-5-9-14-18)19-15-10-6-11-16-19/h3-16H,1H2,2H3/q+1/b7-4-,17-12+. The molecule has 0 radical (unpaired) electrons. The van der Waals surface area contributed by atoms with Crippen molar-refractivity contribution in [2.45, 2.75) is 16.7 Å². The molecule has 2 aromatic carbocycles. The van der Waals surface area contributed by atoms with E-state index < -0.39 is 0 Å². The predicted molar refractivity (Wildman–Crippen MR) is 89.9 cm³/mol. The van der Waals surface area contributed by atoms with Crippen LogP contribution < -0.4 is 0 Å². The summed E-state index contributed by atoms with van der Waals surface area (Å²) in [6.07, 6.45) is 7.98. The van der Waals surface area contributed by atoms with Gasteiger partial charge in [0.1, 0.15) is 4.91 Å². The highest BCUT2D eigenvalue weighted by molar-refractivity contribution is 8.00. The minimum Gasteiger partial charge on any atom is -0.0991 e. The van der Waals surface area contributed by atoms with E-state index >= 15 is 0 Å². The number of hydrogen-bond donors (Lipinski definition) is 0. The topological polar surface area (TPSA) is 0 Å². The molecule has 2 rings (SSSR count). The van der Waals surface area contributed by atoms with Gasteiger partial charge in [-0.15, -0.1) is 0 Å². The number of hydrogen-bond acceptors (Lipinski definition) is 0. The summed E-state index contributed by atoms with van der Waals surface area (Å²) in [5.41, 5.74) is 0. The Hall–Kier alpha value is -1.99. The van der Waals surface area contributed by atoms with Crippen LogP contribution in [0.3, 0.4) is 0 Å². The zero-order valence-corrected chi connectivity index (χ0v) is 12.5. The minimum atomic E-state index is -0.0239. The third kappa shape index (κ3) is 3.75. The van der Waals surface area contributed by atoms with Crippen molar-refractivity contribution >= 4 is 10.9 Å². The van der Waals surface area contributed by atoms with Crippen molar-refractivity contribution in [3.8, 4) is 0 Å². The van der Waals surface area contributed by atoms with Gasteiger partial charge in [-0.2, -0.15) is 0 Å². The summed E-state index contributed by atoms with van der Waals surface area (Å²) >= 11 is 0. The number of benzene rings is 2. The number of allylic oxidation sites excluding steroid dienone is 5. The SMILES string of the molecule is C=C/C=C\C=C(/C)[S+](c1ccccc1)c1ccccc1. The Morgan fingerprint density at radius 2 is 1.35 bits per heavy atom. The van der Waals surface area contributed by atoms with E-state index in [1.54, 1.807) is 6.08 Å². The lowest BCUT2D eigenvalue weighted by molar-refractivity contribution is 1.37. The molecule has 0 nitrogen and oxygen atoms in total. The summed E-state index contributed by atoms with van der Waals surface area (Å²) < 4.78 is 0. The van der Waals surface area contributed by atoms with Gasteiger partial charge >= 0.3 is 0 Å². The van der Waals surface area contributed by atoms with Crippen molar-refractivity contribution < 1.29 is 0 Å². The maximum atomic E-state index is 3.70. The van der Waals surface area contributed by atoms with Gasteiger partial charge in [-0.1, -0.05) is 61.2 Å². The quantitative estimate of drug-likeness (QED) is 0.510. The van der Waals surface area contributed by atoms with Crippen LogP contribution in [0, 0.1) is 0 Å². The largest absolute Gasteiger partial charge is 0.166 e. The molecule has 0 saturated heterocycles. The molecule has 2 aromatic rings. The van der Waals surface area contributed by atoms with Crippen molar-refractivity contribution in [2.24, 2.45) is 0 Å². The first-order chi connectivity index (χ1) is 9.83. The first kappa shape index (κ1) is 14.4. The van der Waals surface area contributed by atoms with Gasteiger partial charge in [0.05, 0.1) is 10.9 Å². The van der Waals surface area contributed by atoms with Gasteiger partial charge in [0, 0.05) is 6.92 Å². The minimum absolute atomic E-state index is 0.0239. The maximum absolute atomic E-state index is 3.70. The maximum Gasteiger partial charge on any atom is 0.166 e. The van der Waals surface area contributed by atoms with Crippen molar-refractivity contribution in [3.63, 3.8) is 0 Å². The van der Waals surface area contributed by atoms with Crippen molar-refractivity contribution in [1.29, 1.82) is 0 Å². The molecule has 0 aromatic heterocycles. The van der Waals surface area contributed by atoms with Crippen molar-refractivity contribution in [2.75, 3.05) is 0 Å². The molecular weight excluding hydrogens is 260 g/mol. The average molecular weight is 279 g/mol. The van der Waals surface area contributed by atoms with Crippen molar-refractivity contribution in [3.05, 3.63) is 96.5 Å². The third-order valence-corrected chi connectivity index (χ3v) is 5.13. The Balaban J connectivity index is 2.42. The highest BCUT2D eigenvalue weighted by Crippen LogP contribution is 2.29. The summed E-state index contributed by atoms with van der Waals surface area (Å²) in [5, 5.41) is 0. The lowest BCUT2D eigenvalue weighted by Gasteiger charge is -2.07. The van der Waals surface area contributed by atoms with Gasteiger partial charge in [-0.25, -0.2) is 0 Å². The van der Waals surface area contributed by atoms with E-state index in [-0.39, 0.29) is 10.9 Å². The van der Waals surface area contributed by atoms with Crippen LogP contribution in [0.4, 0.5) is 0 Å². The molecule has 0 fully saturated rings. The number of rotatable bonds is 5. The summed E-state index contributed by atoms with van der Waals surface area (Å²) in [6.45, 7) is 5.90. The second-order valence-corrected chi connectivity index (χ2v) is 6.53. The fourth-order valence-corrected chi connectivity index (χ4v) is 4.05. The van der Waals surface area contributed by atoms with Crippen LogP contribution in [0.2, 0.25) is 0 Å². The highest BCUT2D eigenvalue weighted by atomic mass is 32.2. The molecule has 0 aliphatic heterocycles. The second kappa shape index (κ2) is 7.56. The van der Waals surface area contributed by atoms with E-state index in [0.717, 1.165) is 0 Å². The summed E-state index contributed by atoms with van der Waals surface area (Å²) in [6, 6.07) is 21.3. The molecule has 100 valence electrons. The lowest BCUT2D eigenvalue weighted by atomic mass is 10.4. The molecule has 0 unspecified atom stereocenters. The van der Waals surface area contributed by atoms with Crippen LogP contribution in [0.1, 0.15) is 6.92 Å². The van der Waals surface area contributed by atoms with E-state index in [9.17, 15) is 0 Å². The molecule has 0 bridgehead atoms. The van der Waals surface area contributed by atoms with Gasteiger partial charge in [-0.3, -0.25) is 0 Å². The molecule has 0 heterocycles. The normalized spacial score (nSPS) is 12.0. The van der Waals surface area contributed by atoms with Crippen LogP contribution in [-0.4, -0.2) is 0 Å². The molecule has 0 aliphatic carbocycles. The summed E-state index contributed by atoms with van der Waals surface area (Å²) in [7, 11) is -0.0239. The Bertz CT molecular complexity index is 555. The first-order valence-electron chi connectivity index (χ1n) is 6.63. The zero-order valence-electron chi connectivity index (χ0n) is 11.7. The van der Waals surface area contributed by atoms with Crippen molar-refractivity contribution in [1.82, 2.24) is 0 Å². The monoisotopic (exact) mass is 279 g/mol. The molecule has 0 aliphatic rings. The molecule has 0 N–H and O–H groups in total. The van der Waals surface area contributed by atoms with Gasteiger partial charge in [0.25, 0.3) is 0 Å². The molecular formula is C19H19S+. The van der Waals surface area contributed by atoms with Crippen LogP contribution >= 0.6 is 0 Å². The van der Waals surface area contributed by atoms with E-state index in [1.807, 2.05) is 12.2 Å². The third-order valence-electron chi connectivity index (χ3n) is 2.86. The molecule has 20 heavy (non-hydrogen) atoms. The van der Waals surface area contributed by atoms with Gasteiger partial charge in [0.15, 0.2) is 9.79 Å². The molecule has 0 amide bonds. The average Bonchev–Trinajstić information content (AvgIpc) is 2.50. The molecule has 0 atom stereocenters. The lowest BCUT2D eigenvalue weighted by Crippen LogP contribution is -2.04. The van der Waals surface area contributed by atoms with Crippen LogP contribution in [0.25, 0.3) is 0 Å². The zero-order chi connectivity index (χ0) is 14.2.